The summed E-state index contributed by atoms with van der Waals surface area (Å²) in [5.41, 5.74) is -0.530. The number of benzene rings is 2. The van der Waals surface area contributed by atoms with Crippen LogP contribution in [0, 0.1) is 11.6 Å². The second kappa shape index (κ2) is 4.64. The van der Waals surface area contributed by atoms with Gasteiger partial charge in [-0.3, -0.25) is 9.59 Å². The minimum Gasteiger partial charge on any atom is -0.267 e. The van der Waals surface area contributed by atoms with Crippen molar-refractivity contribution in [1.82, 2.24) is 3.96 Å². The maximum Gasteiger partial charge on any atom is 0.275 e. The van der Waals surface area contributed by atoms with Gasteiger partial charge in [-0.05, 0) is 41.9 Å². The maximum absolute atomic E-state index is 13.1. The minimum absolute atomic E-state index is 0.0717. The SMILES string of the molecule is O=C(c1ccc(F)c(F)c1)n1sc2ccccc2c1=O. The first-order chi connectivity index (χ1) is 9.58. The summed E-state index contributed by atoms with van der Waals surface area (Å²) in [5.74, 6) is -2.83. The Morgan fingerprint density at radius 2 is 1.80 bits per heavy atom. The molecular formula is C14H7F2NO2S. The molecule has 0 unspecified atom stereocenters. The van der Waals surface area contributed by atoms with Gasteiger partial charge in [-0.2, -0.15) is 3.96 Å². The van der Waals surface area contributed by atoms with Crippen LogP contribution in [0.4, 0.5) is 8.78 Å². The molecule has 1 aromatic heterocycles. The van der Waals surface area contributed by atoms with Crippen LogP contribution >= 0.6 is 11.5 Å². The summed E-state index contributed by atoms with van der Waals surface area (Å²) in [7, 11) is 0. The van der Waals surface area contributed by atoms with Crippen molar-refractivity contribution in [2.45, 2.75) is 0 Å². The number of rotatable bonds is 1. The van der Waals surface area contributed by atoms with E-state index in [4.69, 9.17) is 0 Å². The normalized spacial score (nSPS) is 10.9. The summed E-state index contributed by atoms with van der Waals surface area (Å²) in [6, 6.07) is 9.58. The molecule has 0 bridgehead atoms. The van der Waals surface area contributed by atoms with Crippen LogP contribution in [0.1, 0.15) is 10.4 Å². The van der Waals surface area contributed by atoms with Crippen molar-refractivity contribution in [3.8, 4) is 0 Å². The fraction of sp³-hybridized carbons (Fsp3) is 0. The molecule has 1 heterocycles. The van der Waals surface area contributed by atoms with Gasteiger partial charge in [0.15, 0.2) is 11.6 Å². The number of hydrogen-bond acceptors (Lipinski definition) is 3. The molecule has 2 aromatic carbocycles. The summed E-state index contributed by atoms with van der Waals surface area (Å²) in [6.07, 6.45) is 0. The smallest absolute Gasteiger partial charge is 0.267 e. The standard InChI is InChI=1S/C14H7F2NO2S/c15-10-6-5-8(7-11(10)16)13(18)17-14(19)9-3-1-2-4-12(9)20-17/h1-7H. The van der Waals surface area contributed by atoms with Crippen LogP contribution in [0.15, 0.2) is 47.3 Å². The highest BCUT2D eigenvalue weighted by Gasteiger charge is 2.16. The number of carbonyl (C=O) groups is 1. The molecule has 0 aliphatic rings. The molecule has 0 amide bonds. The Bertz CT molecular complexity index is 882. The largest absolute Gasteiger partial charge is 0.275 e. The number of hydrogen-bond donors (Lipinski definition) is 0. The van der Waals surface area contributed by atoms with Crippen LogP contribution < -0.4 is 5.56 Å². The van der Waals surface area contributed by atoms with E-state index < -0.39 is 23.1 Å². The average molecular weight is 291 g/mol. The molecule has 0 N–H and O–H groups in total. The molecule has 0 fully saturated rings. The predicted molar refractivity (Wildman–Crippen MR) is 72.2 cm³/mol. The van der Waals surface area contributed by atoms with Gasteiger partial charge in [0.1, 0.15) is 0 Å². The van der Waals surface area contributed by atoms with Gasteiger partial charge in [-0.1, -0.05) is 12.1 Å². The Balaban J connectivity index is 2.15. The van der Waals surface area contributed by atoms with Gasteiger partial charge in [0.25, 0.3) is 11.5 Å². The van der Waals surface area contributed by atoms with Crippen LogP contribution in [0.5, 0.6) is 0 Å². The molecule has 0 aliphatic heterocycles. The van der Waals surface area contributed by atoms with Crippen LogP contribution in [0.25, 0.3) is 10.1 Å². The van der Waals surface area contributed by atoms with E-state index in [1.807, 2.05) is 0 Å². The quantitative estimate of drug-likeness (QED) is 0.691. The van der Waals surface area contributed by atoms with Crippen LogP contribution in [0.2, 0.25) is 0 Å². The van der Waals surface area contributed by atoms with Crippen molar-refractivity contribution in [3.63, 3.8) is 0 Å². The molecular weight excluding hydrogens is 284 g/mol. The molecule has 3 nitrogen and oxygen atoms in total. The number of carbonyl (C=O) groups excluding carboxylic acids is 1. The molecule has 3 aromatic rings. The summed E-state index contributed by atoms with van der Waals surface area (Å²) in [5, 5.41) is 0.424. The highest BCUT2D eigenvalue weighted by atomic mass is 32.1. The Kier molecular flexibility index (Phi) is 2.94. The van der Waals surface area contributed by atoms with Crippen molar-refractivity contribution < 1.29 is 13.6 Å². The van der Waals surface area contributed by atoms with E-state index in [1.54, 1.807) is 24.3 Å². The minimum atomic E-state index is -1.12. The molecule has 3 rings (SSSR count). The van der Waals surface area contributed by atoms with Crippen molar-refractivity contribution in [2.24, 2.45) is 0 Å². The number of nitrogens with zero attached hydrogens (tertiary/aromatic N) is 1. The molecule has 6 heteroatoms. The van der Waals surface area contributed by atoms with Crippen LogP contribution in [0.3, 0.4) is 0 Å². The summed E-state index contributed by atoms with van der Waals surface area (Å²) in [6.45, 7) is 0. The molecule has 0 saturated carbocycles. The van der Waals surface area contributed by atoms with Crippen LogP contribution in [-0.2, 0) is 0 Å². The highest BCUT2D eigenvalue weighted by Crippen LogP contribution is 2.18. The van der Waals surface area contributed by atoms with Gasteiger partial charge in [-0.25, -0.2) is 8.78 Å². The Morgan fingerprint density at radius 1 is 1.05 bits per heavy atom. The number of halogens is 2. The Hall–Kier alpha value is -2.34. The van der Waals surface area contributed by atoms with E-state index in [2.05, 4.69) is 0 Å². The van der Waals surface area contributed by atoms with Gasteiger partial charge >= 0.3 is 0 Å². The molecule has 0 atom stereocenters. The van der Waals surface area contributed by atoms with E-state index in [-0.39, 0.29) is 5.56 Å². The summed E-state index contributed by atoms with van der Waals surface area (Å²) < 4.78 is 27.6. The lowest BCUT2D eigenvalue weighted by Gasteiger charge is -2.00. The zero-order valence-electron chi connectivity index (χ0n) is 9.97. The summed E-state index contributed by atoms with van der Waals surface area (Å²) >= 11 is 0.975. The van der Waals surface area contributed by atoms with Gasteiger partial charge in [0, 0.05) is 5.56 Å². The zero-order chi connectivity index (χ0) is 14.3. The lowest BCUT2D eigenvalue weighted by atomic mass is 10.2. The monoisotopic (exact) mass is 291 g/mol. The number of fused-ring (bicyclic) bond motifs is 1. The van der Waals surface area contributed by atoms with Gasteiger partial charge in [0.2, 0.25) is 0 Å². The lowest BCUT2D eigenvalue weighted by Crippen LogP contribution is -2.21. The fourth-order valence-electron chi connectivity index (χ4n) is 1.85. The number of aromatic nitrogens is 1. The van der Waals surface area contributed by atoms with Crippen molar-refractivity contribution in [1.29, 1.82) is 0 Å². The molecule has 0 aliphatic carbocycles. The van der Waals surface area contributed by atoms with E-state index in [1.165, 1.54) is 0 Å². The van der Waals surface area contributed by atoms with Gasteiger partial charge in [-0.15, -0.1) is 0 Å². The van der Waals surface area contributed by atoms with E-state index in [9.17, 15) is 18.4 Å². The molecule has 0 radical (unpaired) electrons. The fourth-order valence-corrected chi connectivity index (χ4v) is 2.81. The highest BCUT2D eigenvalue weighted by molar-refractivity contribution is 7.14. The molecule has 0 spiro atoms. The van der Waals surface area contributed by atoms with Crippen molar-refractivity contribution in [3.05, 3.63) is 70.0 Å². The average Bonchev–Trinajstić information content (AvgIpc) is 2.79. The molecule has 100 valence electrons. The Morgan fingerprint density at radius 3 is 2.50 bits per heavy atom. The van der Waals surface area contributed by atoms with Crippen LogP contribution in [-0.4, -0.2) is 9.86 Å². The Labute approximate surface area is 115 Å². The molecule has 0 saturated heterocycles. The van der Waals surface area contributed by atoms with Gasteiger partial charge < -0.3 is 0 Å². The van der Waals surface area contributed by atoms with E-state index >= 15 is 0 Å². The van der Waals surface area contributed by atoms with Crippen molar-refractivity contribution >= 4 is 27.5 Å². The third kappa shape index (κ3) is 1.94. The topological polar surface area (TPSA) is 39.1 Å². The predicted octanol–water partition coefficient (Wildman–Crippen LogP) is 3.03. The third-order valence-corrected chi connectivity index (χ3v) is 3.91. The van der Waals surface area contributed by atoms with Crippen molar-refractivity contribution in [2.75, 3.05) is 0 Å². The summed E-state index contributed by atoms with van der Waals surface area (Å²) in [4.78, 5) is 24.3. The third-order valence-electron chi connectivity index (χ3n) is 2.84. The van der Waals surface area contributed by atoms with Gasteiger partial charge in [0.05, 0.1) is 10.1 Å². The first kappa shape index (κ1) is 12.7. The first-order valence-corrected chi connectivity index (χ1v) is 6.46. The maximum atomic E-state index is 13.1. The van der Waals surface area contributed by atoms with E-state index in [0.29, 0.717) is 10.1 Å². The first-order valence-electron chi connectivity index (χ1n) is 5.69. The molecule has 20 heavy (non-hydrogen) atoms. The lowest BCUT2D eigenvalue weighted by molar-refractivity contribution is 0.0968. The second-order valence-corrected chi connectivity index (χ2v) is 5.11. The second-order valence-electron chi connectivity index (χ2n) is 4.12. The zero-order valence-corrected chi connectivity index (χ0v) is 10.8. The van der Waals surface area contributed by atoms with E-state index in [0.717, 1.165) is 33.7 Å².